The van der Waals surface area contributed by atoms with Gasteiger partial charge in [0.25, 0.3) is 0 Å². The monoisotopic (exact) mass is 274 g/mol. The fourth-order valence-corrected chi connectivity index (χ4v) is 2.82. The molecule has 1 N–H and O–H groups in total. The Morgan fingerprint density at radius 3 is 2.40 bits per heavy atom. The highest BCUT2D eigenvalue weighted by Crippen LogP contribution is 2.29. The molecule has 3 heteroatoms. The van der Waals surface area contributed by atoms with Crippen molar-refractivity contribution in [3.05, 3.63) is 35.9 Å². The Bertz CT molecular complexity index is 444. The van der Waals surface area contributed by atoms with Crippen molar-refractivity contribution < 1.29 is 4.79 Å². The Kier molecular flexibility index (Phi) is 4.81. The first kappa shape index (κ1) is 15.0. The van der Waals surface area contributed by atoms with Crippen LogP contribution in [0.25, 0.3) is 0 Å². The summed E-state index contributed by atoms with van der Waals surface area (Å²) in [5.41, 5.74) is 1.17. The summed E-state index contributed by atoms with van der Waals surface area (Å²) in [7, 11) is 0. The zero-order valence-electron chi connectivity index (χ0n) is 13.0. The Morgan fingerprint density at radius 1 is 1.15 bits per heavy atom. The highest BCUT2D eigenvalue weighted by molar-refractivity contribution is 5.84. The van der Waals surface area contributed by atoms with Gasteiger partial charge in [-0.2, -0.15) is 0 Å². The molecule has 1 fully saturated rings. The Hall–Kier alpha value is -1.35. The van der Waals surface area contributed by atoms with E-state index >= 15 is 0 Å². The van der Waals surface area contributed by atoms with Crippen molar-refractivity contribution in [3.63, 3.8) is 0 Å². The number of benzene rings is 1. The zero-order valence-corrected chi connectivity index (χ0v) is 13.0. The second-order valence-corrected chi connectivity index (χ2v) is 6.27. The van der Waals surface area contributed by atoms with Crippen LogP contribution in [0.1, 0.15) is 52.3 Å². The van der Waals surface area contributed by atoms with Crippen LogP contribution < -0.4 is 5.32 Å². The van der Waals surface area contributed by atoms with Crippen molar-refractivity contribution in [2.45, 2.75) is 58.8 Å². The number of rotatable bonds is 5. The first-order chi connectivity index (χ1) is 9.50. The highest BCUT2D eigenvalue weighted by Gasteiger charge is 2.39. The van der Waals surface area contributed by atoms with E-state index in [1.54, 1.807) is 0 Å². The molecule has 3 atom stereocenters. The third-order valence-electron chi connectivity index (χ3n) is 4.06. The first-order valence-electron chi connectivity index (χ1n) is 7.64. The smallest absolute Gasteiger partial charge is 0.241 e. The molecule has 0 radical (unpaired) electrons. The van der Waals surface area contributed by atoms with Gasteiger partial charge in [-0.1, -0.05) is 44.2 Å². The molecule has 1 aliphatic rings. The van der Waals surface area contributed by atoms with E-state index in [9.17, 15) is 4.79 Å². The lowest BCUT2D eigenvalue weighted by atomic mass is 10.0. The maximum Gasteiger partial charge on any atom is 0.241 e. The molecule has 1 aliphatic heterocycles. The van der Waals surface area contributed by atoms with Gasteiger partial charge in [0, 0.05) is 6.04 Å². The quantitative estimate of drug-likeness (QED) is 0.893. The topological polar surface area (TPSA) is 32.3 Å². The molecule has 2 rings (SSSR count). The minimum Gasteiger partial charge on any atom is -0.319 e. The molecule has 0 aliphatic carbocycles. The number of amides is 1. The van der Waals surface area contributed by atoms with E-state index in [1.165, 1.54) is 5.56 Å². The Morgan fingerprint density at radius 2 is 1.80 bits per heavy atom. The third-order valence-corrected chi connectivity index (χ3v) is 4.06. The lowest BCUT2D eigenvalue weighted by molar-refractivity contribution is -0.132. The van der Waals surface area contributed by atoms with E-state index in [0.717, 1.165) is 12.8 Å². The van der Waals surface area contributed by atoms with Crippen LogP contribution in [0.5, 0.6) is 0 Å². The molecular formula is C17H26N2O. The summed E-state index contributed by atoms with van der Waals surface area (Å²) in [6, 6.07) is 10.4. The second kappa shape index (κ2) is 6.40. The maximum absolute atomic E-state index is 12.4. The molecular weight excluding hydrogens is 248 g/mol. The van der Waals surface area contributed by atoms with Crippen molar-refractivity contribution in [1.29, 1.82) is 0 Å². The number of carbonyl (C=O) groups is 1. The maximum atomic E-state index is 12.4. The molecule has 0 saturated carbocycles. The van der Waals surface area contributed by atoms with E-state index in [1.807, 2.05) is 30.0 Å². The molecule has 0 spiro atoms. The van der Waals surface area contributed by atoms with Crippen LogP contribution in [-0.2, 0) is 4.79 Å². The molecule has 20 heavy (non-hydrogen) atoms. The van der Waals surface area contributed by atoms with Gasteiger partial charge in [0.05, 0.1) is 6.04 Å². The standard InChI is InChI=1S/C17H26N2O/c1-12(2)10-11-13(3)19-16(18-14(4)17(19)20)15-8-6-5-7-9-15/h5-9,12-14,16,18H,10-11H2,1-4H3. The molecule has 110 valence electrons. The second-order valence-electron chi connectivity index (χ2n) is 6.27. The van der Waals surface area contributed by atoms with Gasteiger partial charge in [-0.05, 0) is 38.2 Å². The van der Waals surface area contributed by atoms with Crippen molar-refractivity contribution >= 4 is 5.91 Å². The highest BCUT2D eigenvalue weighted by atomic mass is 16.2. The van der Waals surface area contributed by atoms with E-state index in [4.69, 9.17) is 0 Å². The molecule has 1 amide bonds. The predicted molar refractivity (Wildman–Crippen MR) is 82.2 cm³/mol. The molecule has 1 aromatic rings. The first-order valence-corrected chi connectivity index (χ1v) is 7.64. The van der Waals surface area contributed by atoms with Gasteiger partial charge in [-0.25, -0.2) is 0 Å². The van der Waals surface area contributed by atoms with Crippen LogP contribution in [0.3, 0.4) is 0 Å². The van der Waals surface area contributed by atoms with Gasteiger partial charge >= 0.3 is 0 Å². The molecule has 1 saturated heterocycles. The largest absolute Gasteiger partial charge is 0.319 e. The SMILES string of the molecule is CC(C)CCC(C)N1C(=O)C(C)NC1c1ccccc1. The molecule has 0 bridgehead atoms. The van der Waals surface area contributed by atoms with Crippen molar-refractivity contribution in [2.75, 3.05) is 0 Å². The minimum atomic E-state index is -0.0956. The average molecular weight is 274 g/mol. The van der Waals surface area contributed by atoms with E-state index in [-0.39, 0.29) is 24.2 Å². The molecule has 3 nitrogen and oxygen atoms in total. The summed E-state index contributed by atoms with van der Waals surface area (Å²) in [6.07, 6.45) is 2.22. The van der Waals surface area contributed by atoms with Crippen LogP contribution in [0.15, 0.2) is 30.3 Å². The van der Waals surface area contributed by atoms with Crippen molar-refractivity contribution in [1.82, 2.24) is 10.2 Å². The van der Waals surface area contributed by atoms with Crippen LogP contribution in [-0.4, -0.2) is 22.9 Å². The van der Waals surface area contributed by atoms with Crippen molar-refractivity contribution in [2.24, 2.45) is 5.92 Å². The number of carbonyl (C=O) groups excluding carboxylic acids is 1. The number of nitrogens with zero attached hydrogens (tertiary/aromatic N) is 1. The zero-order chi connectivity index (χ0) is 14.7. The number of hydrogen-bond acceptors (Lipinski definition) is 2. The lowest BCUT2D eigenvalue weighted by Crippen LogP contribution is -2.38. The molecule has 0 aromatic heterocycles. The number of nitrogens with one attached hydrogen (secondary N) is 1. The number of hydrogen-bond donors (Lipinski definition) is 1. The van der Waals surface area contributed by atoms with Gasteiger partial charge in [-0.15, -0.1) is 0 Å². The molecule has 3 unspecified atom stereocenters. The fourth-order valence-electron chi connectivity index (χ4n) is 2.82. The van der Waals surface area contributed by atoms with Crippen LogP contribution in [0.4, 0.5) is 0 Å². The molecule has 1 heterocycles. The van der Waals surface area contributed by atoms with Crippen LogP contribution in [0.2, 0.25) is 0 Å². The summed E-state index contributed by atoms with van der Waals surface area (Å²) in [4.78, 5) is 14.5. The van der Waals surface area contributed by atoms with Crippen LogP contribution >= 0.6 is 0 Å². The van der Waals surface area contributed by atoms with Gasteiger partial charge in [0.1, 0.15) is 6.17 Å². The molecule has 1 aromatic carbocycles. The fraction of sp³-hybridized carbons (Fsp3) is 0.588. The van der Waals surface area contributed by atoms with E-state index in [2.05, 4.69) is 38.2 Å². The lowest BCUT2D eigenvalue weighted by Gasteiger charge is -2.31. The third kappa shape index (κ3) is 3.21. The summed E-state index contributed by atoms with van der Waals surface area (Å²) in [6.45, 7) is 8.57. The normalized spacial score (nSPS) is 24.4. The summed E-state index contributed by atoms with van der Waals surface area (Å²) >= 11 is 0. The van der Waals surface area contributed by atoms with E-state index in [0.29, 0.717) is 5.92 Å². The predicted octanol–water partition coefficient (Wildman–Crippen LogP) is 3.33. The average Bonchev–Trinajstić information content (AvgIpc) is 2.73. The van der Waals surface area contributed by atoms with Crippen LogP contribution in [0, 0.1) is 5.92 Å². The van der Waals surface area contributed by atoms with Gasteiger partial charge < -0.3 is 4.90 Å². The summed E-state index contributed by atoms with van der Waals surface area (Å²) in [5, 5.41) is 3.41. The van der Waals surface area contributed by atoms with E-state index < -0.39 is 0 Å². The van der Waals surface area contributed by atoms with Gasteiger partial charge in [-0.3, -0.25) is 10.1 Å². The van der Waals surface area contributed by atoms with Crippen molar-refractivity contribution in [3.8, 4) is 0 Å². The van der Waals surface area contributed by atoms with Gasteiger partial charge in [0.2, 0.25) is 5.91 Å². The summed E-state index contributed by atoms with van der Waals surface area (Å²) < 4.78 is 0. The minimum absolute atomic E-state index is 0.0147. The Balaban J connectivity index is 2.16. The summed E-state index contributed by atoms with van der Waals surface area (Å²) in [5.74, 6) is 0.894. The van der Waals surface area contributed by atoms with Gasteiger partial charge in [0.15, 0.2) is 0 Å². The Labute approximate surface area is 122 Å².